The Hall–Kier alpha value is -4.45. The van der Waals surface area contributed by atoms with Gasteiger partial charge in [-0.2, -0.15) is 13.2 Å². The fourth-order valence-electron chi connectivity index (χ4n) is 5.75. The molecule has 1 amide bonds. The second-order valence-corrected chi connectivity index (χ2v) is 12.3. The highest BCUT2D eigenvalue weighted by molar-refractivity contribution is 5.93. The third-order valence-electron chi connectivity index (χ3n) is 7.93. The largest absolute Gasteiger partial charge is 0.481 e. The van der Waals surface area contributed by atoms with Crippen molar-refractivity contribution in [3.05, 3.63) is 87.2 Å². The lowest BCUT2D eigenvalue weighted by Crippen LogP contribution is -2.40. The van der Waals surface area contributed by atoms with Gasteiger partial charge < -0.3 is 24.3 Å². The van der Waals surface area contributed by atoms with E-state index in [1.165, 1.54) is 6.39 Å². The van der Waals surface area contributed by atoms with Crippen LogP contribution in [0.1, 0.15) is 66.6 Å². The normalized spacial score (nSPS) is 13.4. The average Bonchev–Trinajstić information content (AvgIpc) is 3.43. The Morgan fingerprint density at radius 3 is 2.37 bits per heavy atom. The molecule has 2 aromatic carbocycles. The van der Waals surface area contributed by atoms with Crippen LogP contribution in [0.4, 0.5) is 13.2 Å². The third kappa shape index (κ3) is 7.85. The fraction of sp³-hybridized carbons (Fsp3) is 0.412. The molecule has 0 fully saturated rings. The summed E-state index contributed by atoms with van der Waals surface area (Å²) in [6.07, 6.45) is -2.71. The second kappa shape index (κ2) is 13.9. The maximum Gasteiger partial charge on any atom is 0.416 e. The van der Waals surface area contributed by atoms with Gasteiger partial charge in [-0.3, -0.25) is 14.4 Å². The van der Waals surface area contributed by atoms with Crippen molar-refractivity contribution in [2.75, 3.05) is 20.6 Å². The van der Waals surface area contributed by atoms with Crippen LogP contribution < -0.4 is 10.9 Å². The number of benzene rings is 2. The minimum absolute atomic E-state index is 0.00140. The molecule has 12 heteroatoms. The number of rotatable bonds is 12. The lowest BCUT2D eigenvalue weighted by molar-refractivity contribution is -0.139. The smallest absolute Gasteiger partial charge is 0.416 e. The highest BCUT2D eigenvalue weighted by Crippen LogP contribution is 2.37. The summed E-state index contributed by atoms with van der Waals surface area (Å²) < 4.78 is 48.5. The van der Waals surface area contributed by atoms with E-state index in [-0.39, 0.29) is 30.9 Å². The average molecular weight is 641 g/mol. The summed E-state index contributed by atoms with van der Waals surface area (Å²) in [6, 6.07) is 7.50. The van der Waals surface area contributed by atoms with E-state index in [1.54, 1.807) is 31.1 Å². The zero-order chi connectivity index (χ0) is 33.9. The van der Waals surface area contributed by atoms with Gasteiger partial charge in [0, 0.05) is 24.4 Å². The van der Waals surface area contributed by atoms with Gasteiger partial charge in [-0.25, -0.2) is 4.98 Å². The summed E-state index contributed by atoms with van der Waals surface area (Å²) in [6.45, 7) is 7.83. The second-order valence-electron chi connectivity index (χ2n) is 12.3. The topological polar surface area (TPSA) is 118 Å². The molecule has 246 valence electrons. The number of halogens is 3. The molecule has 0 aliphatic rings. The van der Waals surface area contributed by atoms with E-state index in [9.17, 15) is 32.7 Å². The summed E-state index contributed by atoms with van der Waals surface area (Å²) >= 11 is 0. The number of carboxylic acid groups (broad SMARTS) is 1. The molecule has 0 aliphatic carbocycles. The molecule has 9 nitrogen and oxygen atoms in total. The van der Waals surface area contributed by atoms with Gasteiger partial charge in [-0.15, -0.1) is 0 Å². The summed E-state index contributed by atoms with van der Waals surface area (Å²) in [7, 11) is 3.45. The number of likely N-dealkylation sites (N-methyl/N-ethyl adjacent to an activating group) is 1. The quantitative estimate of drug-likeness (QED) is 0.186. The predicted octanol–water partition coefficient (Wildman–Crippen LogP) is 6.32. The number of nitrogens with zero attached hydrogens (tertiary/aromatic N) is 3. The molecule has 0 aliphatic heterocycles. The summed E-state index contributed by atoms with van der Waals surface area (Å²) in [4.78, 5) is 45.3. The summed E-state index contributed by atoms with van der Waals surface area (Å²) in [5, 5.41) is 12.7. The van der Waals surface area contributed by atoms with Crippen LogP contribution in [0.15, 0.2) is 58.2 Å². The van der Waals surface area contributed by atoms with Crippen molar-refractivity contribution in [2.24, 2.45) is 5.92 Å². The molecule has 2 heterocycles. The van der Waals surface area contributed by atoms with E-state index in [4.69, 9.17) is 4.42 Å². The number of alkyl halides is 3. The Kier molecular flexibility index (Phi) is 10.4. The van der Waals surface area contributed by atoms with Crippen molar-refractivity contribution in [3.63, 3.8) is 0 Å². The minimum atomic E-state index is -4.75. The van der Waals surface area contributed by atoms with Crippen molar-refractivity contribution in [1.82, 2.24) is 19.8 Å². The van der Waals surface area contributed by atoms with Crippen molar-refractivity contribution >= 4 is 23.0 Å². The molecule has 0 saturated heterocycles. The number of nitrogens with one attached hydrogen (secondary N) is 1. The van der Waals surface area contributed by atoms with E-state index in [2.05, 4.69) is 10.3 Å². The van der Waals surface area contributed by atoms with Gasteiger partial charge in [0.05, 0.1) is 18.0 Å². The molecule has 2 N–H and O–H groups in total. The number of carbonyl (C=O) groups excluding carboxylic acids is 1. The van der Waals surface area contributed by atoms with Gasteiger partial charge in [0.15, 0.2) is 12.0 Å². The molecule has 0 radical (unpaired) electrons. The maximum atomic E-state index is 14.0. The first-order valence-corrected chi connectivity index (χ1v) is 15.0. The minimum Gasteiger partial charge on any atom is -0.481 e. The Morgan fingerprint density at radius 1 is 1.11 bits per heavy atom. The molecule has 0 saturated carbocycles. The van der Waals surface area contributed by atoms with Gasteiger partial charge in [-0.1, -0.05) is 32.0 Å². The highest BCUT2D eigenvalue weighted by atomic mass is 19.4. The summed E-state index contributed by atoms with van der Waals surface area (Å²) in [5.41, 5.74) is 2.75. The number of hydrogen-bond acceptors (Lipinski definition) is 6. The first-order valence-electron chi connectivity index (χ1n) is 15.0. The molecule has 2 atom stereocenters. The van der Waals surface area contributed by atoms with E-state index in [0.29, 0.717) is 28.3 Å². The van der Waals surface area contributed by atoms with Crippen LogP contribution in [0.2, 0.25) is 0 Å². The van der Waals surface area contributed by atoms with Gasteiger partial charge >= 0.3 is 12.1 Å². The van der Waals surface area contributed by atoms with E-state index >= 15 is 0 Å². The molecule has 0 unspecified atom stereocenters. The lowest BCUT2D eigenvalue weighted by atomic mass is 9.91. The first kappa shape index (κ1) is 34.4. The van der Waals surface area contributed by atoms with Gasteiger partial charge in [0.1, 0.15) is 11.6 Å². The van der Waals surface area contributed by atoms with Crippen molar-refractivity contribution in [2.45, 2.75) is 65.2 Å². The van der Waals surface area contributed by atoms with Gasteiger partial charge in [0.2, 0.25) is 5.91 Å². The van der Waals surface area contributed by atoms with Crippen LogP contribution in [0.5, 0.6) is 0 Å². The molecule has 46 heavy (non-hydrogen) atoms. The van der Waals surface area contributed by atoms with Crippen LogP contribution in [0.3, 0.4) is 0 Å². The van der Waals surface area contributed by atoms with Crippen LogP contribution in [-0.2, 0) is 22.2 Å². The highest BCUT2D eigenvalue weighted by Gasteiger charge is 2.36. The Labute approximate surface area is 265 Å². The molecule has 0 spiro atoms. The Balaban J connectivity index is 1.81. The fourth-order valence-corrected chi connectivity index (χ4v) is 5.75. The monoisotopic (exact) mass is 640 g/mol. The molecule has 4 rings (SSSR count). The van der Waals surface area contributed by atoms with Crippen LogP contribution in [0.25, 0.3) is 22.2 Å². The molecular weight excluding hydrogens is 601 g/mol. The van der Waals surface area contributed by atoms with E-state index in [0.717, 1.165) is 27.5 Å². The first-order chi connectivity index (χ1) is 21.6. The zero-order valence-corrected chi connectivity index (χ0v) is 26.7. The van der Waals surface area contributed by atoms with Crippen molar-refractivity contribution < 1.29 is 32.3 Å². The van der Waals surface area contributed by atoms with Crippen LogP contribution in [0, 0.1) is 19.8 Å². The molecule has 4 aromatic rings. The predicted molar refractivity (Wildman–Crippen MR) is 169 cm³/mol. The number of aromatic nitrogens is 2. The lowest BCUT2D eigenvalue weighted by Gasteiger charge is -2.26. The number of aliphatic carboxylic acids is 1. The maximum absolute atomic E-state index is 14.0. The molecular formula is C34H39F3N4O5. The number of fused-ring (bicyclic) bond motifs is 1. The zero-order valence-electron chi connectivity index (χ0n) is 26.7. The number of carbonyl (C=O) groups is 2. The standard InChI is InChI=1S/C34H39F3N4O5/c1-19(2)12-28(41-17-22(10-11-40(5)6)25(15-29(41)42)34(35,36)37)33(45)39-26(16-30(43)44)23-13-24(32-27(14-23)38-18-46-32)31-20(3)8-7-9-21(31)4/h7-9,13-15,17-19,26,28H,10-12,16H2,1-6H3,(H,39,45)(H,43,44)/t26-,28+/m1/s1. The van der Waals surface area contributed by atoms with Gasteiger partial charge in [-0.05, 0) is 86.7 Å². The molecule has 0 bridgehead atoms. The summed E-state index contributed by atoms with van der Waals surface area (Å²) in [5.74, 6) is -2.00. The SMILES string of the molecule is Cc1cccc(C)c1-c1cc([C@@H](CC(=O)O)NC(=O)[C@H](CC(C)C)n2cc(CCN(C)C)c(C(F)(F)F)cc2=O)cc2ncoc12. The van der Waals surface area contributed by atoms with E-state index in [1.807, 2.05) is 45.9 Å². The van der Waals surface area contributed by atoms with Crippen molar-refractivity contribution in [1.29, 1.82) is 0 Å². The van der Waals surface area contributed by atoms with E-state index < -0.39 is 47.7 Å². The number of pyridine rings is 1. The molecule has 2 aromatic heterocycles. The third-order valence-corrected chi connectivity index (χ3v) is 7.93. The Bertz CT molecular complexity index is 1770. The Morgan fingerprint density at radius 2 is 1.78 bits per heavy atom. The van der Waals surface area contributed by atoms with Crippen LogP contribution >= 0.6 is 0 Å². The number of hydrogen-bond donors (Lipinski definition) is 2. The number of carboxylic acids is 1. The number of amides is 1. The number of oxazole rings is 1. The number of aryl methyl sites for hydroxylation is 2. The van der Waals surface area contributed by atoms with Crippen molar-refractivity contribution in [3.8, 4) is 11.1 Å². The van der Waals surface area contributed by atoms with Gasteiger partial charge in [0.25, 0.3) is 5.56 Å². The van der Waals surface area contributed by atoms with Crippen LogP contribution in [-0.4, -0.2) is 52.1 Å².